The van der Waals surface area contributed by atoms with Crippen LogP contribution in [0, 0.1) is 19.7 Å². The van der Waals surface area contributed by atoms with Gasteiger partial charge < -0.3 is 4.90 Å². The van der Waals surface area contributed by atoms with E-state index in [0.29, 0.717) is 42.6 Å². The second-order valence-corrected chi connectivity index (χ2v) is 9.44. The molecule has 156 valence electrons. The Morgan fingerprint density at radius 2 is 1.47 bits per heavy atom. The van der Waals surface area contributed by atoms with Crippen molar-refractivity contribution in [1.82, 2.24) is 14.5 Å². The largest absolute Gasteiger partial charge is 0.352 e. The molecule has 6 nitrogen and oxygen atoms in total. The summed E-state index contributed by atoms with van der Waals surface area (Å²) in [6.07, 6.45) is 0. The van der Waals surface area contributed by atoms with Crippen LogP contribution in [0.3, 0.4) is 0 Å². The number of nitrogens with zero attached hydrogens (tertiary/aromatic N) is 4. The minimum absolute atomic E-state index is 0.294. The number of hydrogen-bond acceptors (Lipinski definition) is 5. The molecule has 0 atom stereocenters. The molecule has 0 N–H and O–H groups in total. The summed E-state index contributed by atoms with van der Waals surface area (Å²) in [4.78, 5) is 2.37. The van der Waals surface area contributed by atoms with Crippen LogP contribution >= 0.6 is 0 Å². The van der Waals surface area contributed by atoms with Crippen LogP contribution in [0.1, 0.15) is 11.1 Å². The lowest BCUT2D eigenvalue weighted by Gasteiger charge is -2.34. The van der Waals surface area contributed by atoms with Crippen molar-refractivity contribution < 1.29 is 12.8 Å². The third-order valence-corrected chi connectivity index (χ3v) is 7.06. The molecule has 0 amide bonds. The molecule has 0 bridgehead atoms. The zero-order chi connectivity index (χ0) is 21.3. The average molecular weight is 427 g/mol. The van der Waals surface area contributed by atoms with E-state index in [0.717, 1.165) is 16.7 Å². The minimum atomic E-state index is -3.52. The zero-order valence-electron chi connectivity index (χ0n) is 16.9. The van der Waals surface area contributed by atoms with Gasteiger partial charge in [0.15, 0.2) is 5.82 Å². The van der Waals surface area contributed by atoms with Crippen LogP contribution in [0.15, 0.2) is 59.5 Å². The summed E-state index contributed by atoms with van der Waals surface area (Å²) >= 11 is 0. The Labute approximate surface area is 176 Å². The number of aromatic nitrogens is 2. The van der Waals surface area contributed by atoms with E-state index in [1.807, 2.05) is 36.9 Å². The quantitative estimate of drug-likeness (QED) is 0.640. The van der Waals surface area contributed by atoms with E-state index < -0.39 is 10.0 Å². The first kappa shape index (κ1) is 20.4. The first-order chi connectivity index (χ1) is 14.3. The summed E-state index contributed by atoms with van der Waals surface area (Å²) in [5, 5.41) is 8.53. The first-order valence-corrected chi connectivity index (χ1v) is 11.2. The Morgan fingerprint density at radius 1 is 0.833 bits per heavy atom. The molecule has 1 saturated heterocycles. The van der Waals surface area contributed by atoms with E-state index in [1.165, 1.54) is 16.4 Å². The maximum atomic E-state index is 13.1. The molecule has 30 heavy (non-hydrogen) atoms. The van der Waals surface area contributed by atoms with Crippen molar-refractivity contribution in [1.29, 1.82) is 0 Å². The Kier molecular flexibility index (Phi) is 5.53. The van der Waals surface area contributed by atoms with Crippen LogP contribution < -0.4 is 4.90 Å². The van der Waals surface area contributed by atoms with Crippen molar-refractivity contribution >= 4 is 15.8 Å². The van der Waals surface area contributed by atoms with Gasteiger partial charge in [0, 0.05) is 31.7 Å². The number of hydrogen-bond donors (Lipinski definition) is 0. The second-order valence-electron chi connectivity index (χ2n) is 7.50. The lowest BCUT2D eigenvalue weighted by molar-refractivity contribution is 0.383. The molecule has 0 unspecified atom stereocenters. The standard InChI is InChI=1S/C22H23FN4O2S/c1-16-13-17(2)15-20(14-16)30(28,29)27-11-9-26(10-12-27)22-8-7-21(24-25-22)18-3-5-19(23)6-4-18/h3-8,13-15H,9-12H2,1-2H3. The van der Waals surface area contributed by atoms with Crippen molar-refractivity contribution in [2.45, 2.75) is 18.7 Å². The average Bonchev–Trinajstić information content (AvgIpc) is 2.74. The van der Waals surface area contributed by atoms with Gasteiger partial charge in [-0.15, -0.1) is 10.2 Å². The van der Waals surface area contributed by atoms with Crippen molar-refractivity contribution in [2.75, 3.05) is 31.1 Å². The molecule has 1 aliphatic rings. The van der Waals surface area contributed by atoms with Gasteiger partial charge in [-0.25, -0.2) is 12.8 Å². The highest BCUT2D eigenvalue weighted by molar-refractivity contribution is 7.89. The topological polar surface area (TPSA) is 66.4 Å². The third-order valence-electron chi connectivity index (χ3n) is 5.19. The van der Waals surface area contributed by atoms with E-state index in [4.69, 9.17) is 0 Å². The number of anilines is 1. The summed E-state index contributed by atoms with van der Waals surface area (Å²) < 4.78 is 40.6. The van der Waals surface area contributed by atoms with Gasteiger partial charge in [-0.05, 0) is 73.5 Å². The molecule has 3 aromatic rings. The molecule has 2 aromatic carbocycles. The third kappa shape index (κ3) is 4.20. The van der Waals surface area contributed by atoms with Crippen LogP contribution in [-0.2, 0) is 10.0 Å². The highest BCUT2D eigenvalue weighted by atomic mass is 32.2. The maximum absolute atomic E-state index is 13.1. The fraction of sp³-hybridized carbons (Fsp3) is 0.273. The Balaban J connectivity index is 1.44. The van der Waals surface area contributed by atoms with Crippen LogP contribution in [0.25, 0.3) is 11.3 Å². The summed E-state index contributed by atoms with van der Waals surface area (Å²) in [7, 11) is -3.52. The molecule has 8 heteroatoms. The molecule has 1 fully saturated rings. The monoisotopic (exact) mass is 426 g/mol. The highest BCUT2D eigenvalue weighted by Crippen LogP contribution is 2.23. The van der Waals surface area contributed by atoms with Crippen LogP contribution in [-0.4, -0.2) is 49.1 Å². The number of rotatable bonds is 4. The minimum Gasteiger partial charge on any atom is -0.352 e. The summed E-state index contributed by atoms with van der Waals surface area (Å²) in [5.74, 6) is 0.404. The van der Waals surface area contributed by atoms with Crippen molar-refractivity contribution in [3.8, 4) is 11.3 Å². The van der Waals surface area contributed by atoms with Gasteiger partial charge >= 0.3 is 0 Å². The number of sulfonamides is 1. The Morgan fingerprint density at radius 3 is 2.03 bits per heavy atom. The predicted octanol–water partition coefficient (Wildman–Crippen LogP) is 3.41. The number of benzene rings is 2. The molecule has 4 rings (SSSR count). The van der Waals surface area contributed by atoms with Crippen LogP contribution in [0.2, 0.25) is 0 Å². The van der Waals surface area contributed by atoms with Gasteiger partial charge in [0.25, 0.3) is 0 Å². The van der Waals surface area contributed by atoms with Gasteiger partial charge in [-0.1, -0.05) is 6.07 Å². The molecule has 0 saturated carbocycles. The van der Waals surface area contributed by atoms with Gasteiger partial charge in [-0.2, -0.15) is 4.31 Å². The van der Waals surface area contributed by atoms with E-state index in [9.17, 15) is 12.8 Å². The zero-order valence-corrected chi connectivity index (χ0v) is 17.7. The van der Waals surface area contributed by atoms with Crippen molar-refractivity contribution in [3.05, 3.63) is 71.5 Å². The Bertz CT molecular complexity index is 1120. The lowest BCUT2D eigenvalue weighted by atomic mass is 10.1. The number of aryl methyl sites for hydroxylation is 2. The smallest absolute Gasteiger partial charge is 0.243 e. The van der Waals surface area contributed by atoms with Gasteiger partial charge in [-0.3, -0.25) is 0 Å². The van der Waals surface area contributed by atoms with Crippen LogP contribution in [0.4, 0.5) is 10.2 Å². The molecule has 0 radical (unpaired) electrons. The molecular formula is C22H23FN4O2S. The SMILES string of the molecule is Cc1cc(C)cc(S(=O)(=O)N2CCN(c3ccc(-c4ccc(F)cc4)nn3)CC2)c1. The number of piperazine rings is 1. The summed E-state index contributed by atoms with van der Waals surface area (Å²) in [6, 6.07) is 15.2. The molecule has 1 aromatic heterocycles. The van der Waals surface area contributed by atoms with Gasteiger partial charge in [0.1, 0.15) is 5.82 Å². The predicted molar refractivity (Wildman–Crippen MR) is 114 cm³/mol. The van der Waals surface area contributed by atoms with E-state index in [-0.39, 0.29) is 5.82 Å². The summed E-state index contributed by atoms with van der Waals surface area (Å²) in [6.45, 7) is 5.65. The van der Waals surface area contributed by atoms with Crippen molar-refractivity contribution in [2.24, 2.45) is 0 Å². The molecular weight excluding hydrogens is 403 g/mol. The van der Waals surface area contributed by atoms with Gasteiger partial charge in [0.2, 0.25) is 10.0 Å². The van der Waals surface area contributed by atoms with Gasteiger partial charge in [0.05, 0.1) is 10.6 Å². The van der Waals surface area contributed by atoms with Crippen molar-refractivity contribution in [3.63, 3.8) is 0 Å². The molecule has 1 aliphatic heterocycles. The van der Waals surface area contributed by atoms with E-state index >= 15 is 0 Å². The maximum Gasteiger partial charge on any atom is 0.243 e. The Hall–Kier alpha value is -2.84. The van der Waals surface area contributed by atoms with E-state index in [1.54, 1.807) is 24.3 Å². The van der Waals surface area contributed by atoms with E-state index in [2.05, 4.69) is 10.2 Å². The fourth-order valence-corrected chi connectivity index (χ4v) is 5.27. The molecule has 0 spiro atoms. The normalized spacial score (nSPS) is 15.4. The second kappa shape index (κ2) is 8.12. The van der Waals surface area contributed by atoms with Crippen LogP contribution in [0.5, 0.6) is 0 Å². The molecule has 0 aliphatic carbocycles. The fourth-order valence-electron chi connectivity index (χ4n) is 3.66. The lowest BCUT2D eigenvalue weighted by Crippen LogP contribution is -2.49. The first-order valence-electron chi connectivity index (χ1n) is 9.76. The summed E-state index contributed by atoms with van der Waals surface area (Å²) in [5.41, 5.74) is 3.32. The number of halogens is 1. The molecule has 2 heterocycles. The highest BCUT2D eigenvalue weighted by Gasteiger charge is 2.29.